The van der Waals surface area contributed by atoms with Gasteiger partial charge in [-0.1, -0.05) is 24.3 Å². The number of benzene rings is 1. The fourth-order valence-corrected chi connectivity index (χ4v) is 1.54. The van der Waals surface area contributed by atoms with Gasteiger partial charge in [-0.3, -0.25) is 5.41 Å². The predicted octanol–water partition coefficient (Wildman–Crippen LogP) is 1.01. The number of carbonyl (C=O) groups is 1. The Hall–Kier alpha value is -2.08. The zero-order chi connectivity index (χ0) is 15.3. The summed E-state index contributed by atoms with van der Waals surface area (Å²) in [6.45, 7) is 5.85. The zero-order valence-corrected chi connectivity index (χ0v) is 12.1. The van der Waals surface area contributed by atoms with E-state index in [4.69, 9.17) is 21.6 Å². The monoisotopic (exact) mass is 278 g/mol. The van der Waals surface area contributed by atoms with E-state index < -0.39 is 17.6 Å². The molecule has 1 aromatic carbocycles. The van der Waals surface area contributed by atoms with Crippen LogP contribution in [0.5, 0.6) is 0 Å². The Morgan fingerprint density at radius 3 is 2.35 bits per heavy atom. The van der Waals surface area contributed by atoms with E-state index in [1.165, 1.54) is 0 Å². The molecule has 0 aliphatic carbocycles. The van der Waals surface area contributed by atoms with Crippen LogP contribution in [-0.2, 0) is 16.1 Å². The van der Waals surface area contributed by atoms with Crippen molar-refractivity contribution in [2.75, 3.05) is 0 Å². The summed E-state index contributed by atoms with van der Waals surface area (Å²) < 4.78 is 5.24. The highest BCUT2D eigenvalue weighted by Crippen LogP contribution is 2.17. The van der Waals surface area contributed by atoms with Crippen molar-refractivity contribution in [1.82, 2.24) is 5.32 Å². The maximum Gasteiger partial charge on any atom is 0.328 e. The Labute approximate surface area is 119 Å². The molecule has 0 spiro atoms. The third-order valence-electron chi connectivity index (χ3n) is 2.48. The van der Waals surface area contributed by atoms with Crippen molar-refractivity contribution in [3.63, 3.8) is 0 Å². The molecule has 6 heteroatoms. The molecule has 0 saturated carbocycles. The molecular formula is C14H22N4O2. The molecule has 1 atom stereocenters. The van der Waals surface area contributed by atoms with Crippen molar-refractivity contribution in [2.45, 2.75) is 39.0 Å². The van der Waals surface area contributed by atoms with Crippen molar-refractivity contribution in [2.24, 2.45) is 11.5 Å². The molecule has 0 saturated heterocycles. The summed E-state index contributed by atoms with van der Waals surface area (Å²) in [4.78, 5) is 11.9. The molecule has 0 aliphatic rings. The second-order valence-corrected chi connectivity index (χ2v) is 5.52. The van der Waals surface area contributed by atoms with Gasteiger partial charge in [0, 0.05) is 6.54 Å². The van der Waals surface area contributed by atoms with Crippen molar-refractivity contribution in [3.05, 3.63) is 35.4 Å². The molecule has 0 radical (unpaired) electrons. The van der Waals surface area contributed by atoms with E-state index in [0.29, 0.717) is 12.1 Å². The largest absolute Gasteiger partial charge is 0.459 e. The van der Waals surface area contributed by atoms with Gasteiger partial charge >= 0.3 is 5.97 Å². The first-order valence-corrected chi connectivity index (χ1v) is 6.34. The van der Waals surface area contributed by atoms with Crippen LogP contribution >= 0.6 is 0 Å². The molecule has 20 heavy (non-hydrogen) atoms. The number of hydrogen-bond donors (Lipinski definition) is 4. The van der Waals surface area contributed by atoms with E-state index in [1.807, 2.05) is 12.1 Å². The molecule has 0 amide bonds. The fraction of sp³-hybridized carbons (Fsp3) is 0.429. The Kier molecular flexibility index (Phi) is 5.10. The number of hydrogen-bond acceptors (Lipinski definition) is 4. The number of guanidine groups is 1. The van der Waals surface area contributed by atoms with Gasteiger partial charge in [0.2, 0.25) is 0 Å². The minimum absolute atomic E-state index is 0.0838. The Morgan fingerprint density at radius 2 is 1.90 bits per heavy atom. The van der Waals surface area contributed by atoms with Crippen molar-refractivity contribution >= 4 is 11.9 Å². The van der Waals surface area contributed by atoms with Gasteiger partial charge in [0.25, 0.3) is 0 Å². The second-order valence-electron chi connectivity index (χ2n) is 5.52. The van der Waals surface area contributed by atoms with Crippen LogP contribution in [0.25, 0.3) is 0 Å². The molecule has 1 rings (SSSR count). The van der Waals surface area contributed by atoms with Crippen LogP contribution in [0.4, 0.5) is 0 Å². The smallest absolute Gasteiger partial charge is 0.328 e. The number of carbonyl (C=O) groups excluding carboxylic acids is 1. The number of esters is 1. The van der Waals surface area contributed by atoms with Gasteiger partial charge in [-0.25, -0.2) is 4.79 Å². The van der Waals surface area contributed by atoms with Crippen LogP contribution in [0.1, 0.15) is 37.9 Å². The van der Waals surface area contributed by atoms with Crippen molar-refractivity contribution in [3.8, 4) is 0 Å². The van der Waals surface area contributed by atoms with E-state index in [2.05, 4.69) is 5.32 Å². The predicted molar refractivity (Wildman–Crippen MR) is 78.0 cm³/mol. The molecule has 0 bridgehead atoms. The van der Waals surface area contributed by atoms with Crippen LogP contribution in [0.3, 0.4) is 0 Å². The molecule has 6 nitrogen and oxygen atoms in total. The molecular weight excluding hydrogens is 256 g/mol. The summed E-state index contributed by atoms with van der Waals surface area (Å²) in [5.41, 5.74) is 12.2. The maximum atomic E-state index is 11.9. The van der Waals surface area contributed by atoms with Gasteiger partial charge in [0.05, 0.1) is 0 Å². The van der Waals surface area contributed by atoms with Crippen molar-refractivity contribution < 1.29 is 9.53 Å². The third kappa shape index (κ3) is 5.27. The van der Waals surface area contributed by atoms with Crippen LogP contribution in [0.15, 0.2) is 24.3 Å². The quantitative estimate of drug-likeness (QED) is 0.373. The van der Waals surface area contributed by atoms with Crippen LogP contribution in [0, 0.1) is 5.41 Å². The Morgan fingerprint density at radius 1 is 1.35 bits per heavy atom. The van der Waals surface area contributed by atoms with Gasteiger partial charge < -0.3 is 21.5 Å². The minimum Gasteiger partial charge on any atom is -0.459 e. The number of nitrogens with two attached hydrogens (primary N) is 2. The fourth-order valence-electron chi connectivity index (χ4n) is 1.54. The zero-order valence-electron chi connectivity index (χ0n) is 12.1. The molecule has 0 aliphatic heterocycles. The summed E-state index contributed by atoms with van der Waals surface area (Å²) in [5.74, 6) is -0.536. The lowest BCUT2D eigenvalue weighted by Crippen LogP contribution is -2.31. The number of ether oxygens (including phenoxy) is 1. The molecule has 6 N–H and O–H groups in total. The van der Waals surface area contributed by atoms with Gasteiger partial charge in [-0.15, -0.1) is 0 Å². The van der Waals surface area contributed by atoms with E-state index in [1.54, 1.807) is 32.9 Å². The van der Waals surface area contributed by atoms with E-state index >= 15 is 0 Å². The average molecular weight is 278 g/mol. The molecule has 110 valence electrons. The van der Waals surface area contributed by atoms with Crippen molar-refractivity contribution in [1.29, 1.82) is 5.41 Å². The highest BCUT2D eigenvalue weighted by molar-refractivity contribution is 5.77. The summed E-state index contributed by atoms with van der Waals surface area (Å²) >= 11 is 0. The first-order chi connectivity index (χ1) is 9.19. The van der Waals surface area contributed by atoms with Gasteiger partial charge in [0.1, 0.15) is 11.6 Å². The lowest BCUT2D eigenvalue weighted by atomic mass is 10.1. The van der Waals surface area contributed by atoms with E-state index in [0.717, 1.165) is 5.56 Å². The Bertz CT molecular complexity index is 477. The number of rotatable bonds is 4. The van der Waals surface area contributed by atoms with Crippen LogP contribution in [-0.4, -0.2) is 17.5 Å². The van der Waals surface area contributed by atoms with Gasteiger partial charge in [0.15, 0.2) is 5.96 Å². The molecule has 0 aromatic heterocycles. The first-order valence-electron chi connectivity index (χ1n) is 6.34. The maximum absolute atomic E-state index is 11.9. The first kappa shape index (κ1) is 16.0. The normalized spacial score (nSPS) is 12.6. The summed E-state index contributed by atoms with van der Waals surface area (Å²) in [6.07, 6.45) is 0. The molecule has 0 heterocycles. The second kappa shape index (κ2) is 6.38. The van der Waals surface area contributed by atoms with Gasteiger partial charge in [-0.2, -0.15) is 0 Å². The lowest BCUT2D eigenvalue weighted by Gasteiger charge is -2.22. The van der Waals surface area contributed by atoms with Crippen LogP contribution < -0.4 is 16.8 Å². The van der Waals surface area contributed by atoms with Gasteiger partial charge in [-0.05, 0) is 31.9 Å². The van der Waals surface area contributed by atoms with Crippen LogP contribution in [0.2, 0.25) is 0 Å². The molecule has 0 fully saturated rings. The standard InChI is InChI=1S/C14H22N4O2/c1-14(2,3)20-12(19)11(15)10-6-4-9(5-7-10)8-18-13(16)17/h4-7,11H,8,15H2,1-3H3,(H4,16,17,18). The van der Waals surface area contributed by atoms with E-state index in [-0.39, 0.29) is 5.96 Å². The topological polar surface area (TPSA) is 114 Å². The lowest BCUT2D eigenvalue weighted by molar-refractivity contribution is -0.156. The molecule has 1 unspecified atom stereocenters. The van der Waals surface area contributed by atoms with E-state index in [9.17, 15) is 4.79 Å². The minimum atomic E-state index is -0.802. The highest BCUT2D eigenvalue weighted by atomic mass is 16.6. The summed E-state index contributed by atoms with van der Waals surface area (Å²) in [7, 11) is 0. The molecule has 1 aromatic rings. The number of nitrogens with one attached hydrogen (secondary N) is 2. The summed E-state index contributed by atoms with van der Waals surface area (Å²) in [5, 5.41) is 9.78. The SMILES string of the molecule is CC(C)(C)OC(=O)C(N)c1ccc(CNC(=N)N)cc1. The highest BCUT2D eigenvalue weighted by Gasteiger charge is 2.23. The Balaban J connectivity index is 2.68. The summed E-state index contributed by atoms with van der Waals surface area (Å²) in [6, 6.07) is 6.40. The third-order valence-corrected chi connectivity index (χ3v) is 2.48. The average Bonchev–Trinajstić information content (AvgIpc) is 2.34.